The largest absolute Gasteiger partial charge is 0.287 e. The third-order valence-corrected chi connectivity index (χ3v) is 4.28. The molecule has 0 saturated heterocycles. The summed E-state index contributed by atoms with van der Waals surface area (Å²) in [5.41, 5.74) is 4.14. The molecule has 3 rings (SSSR count). The maximum atomic E-state index is 6.02. The number of nitrogens with two attached hydrogens (primary N) is 1. The number of hydrogen-bond acceptors (Lipinski definition) is 4. The van der Waals surface area contributed by atoms with E-state index >= 15 is 0 Å². The summed E-state index contributed by atoms with van der Waals surface area (Å²) in [5, 5.41) is 5.91. The normalized spacial score (nSPS) is 10.8. The fraction of sp³-hybridized carbons (Fsp3) is 0. The Bertz CT molecular complexity index is 959. The minimum Gasteiger partial charge on any atom is -0.287 e. The third kappa shape index (κ3) is 3.99. The number of benzene rings is 1. The van der Waals surface area contributed by atoms with E-state index in [1.807, 2.05) is 53.2 Å². The van der Waals surface area contributed by atoms with Crippen molar-refractivity contribution in [1.29, 1.82) is 0 Å². The highest BCUT2D eigenvalue weighted by Gasteiger charge is 2.10. The molecule has 2 heterocycles. The number of allylic oxidation sites excluding steroid dienone is 3. The van der Waals surface area contributed by atoms with E-state index in [1.165, 1.54) is 5.01 Å². The molecule has 0 unspecified atom stereocenters. The van der Waals surface area contributed by atoms with Crippen LogP contribution in [0.5, 0.6) is 0 Å². The minimum atomic E-state index is 0.742. The highest BCUT2D eigenvalue weighted by atomic mass is 79.9. The first kappa shape index (κ1) is 17.8. The highest BCUT2D eigenvalue weighted by Crippen LogP contribution is 2.24. The van der Waals surface area contributed by atoms with Gasteiger partial charge in [-0.3, -0.25) is 9.99 Å². The first-order valence-corrected chi connectivity index (χ1v) is 8.66. The van der Waals surface area contributed by atoms with Crippen molar-refractivity contribution in [2.24, 2.45) is 5.84 Å². The number of halogens is 1. The van der Waals surface area contributed by atoms with E-state index in [0.717, 1.165) is 32.7 Å². The average molecular weight is 408 g/mol. The predicted octanol–water partition coefficient (Wildman–Crippen LogP) is 4.49. The second-order valence-electron chi connectivity index (χ2n) is 5.54. The van der Waals surface area contributed by atoms with E-state index in [-0.39, 0.29) is 0 Å². The summed E-state index contributed by atoms with van der Waals surface area (Å²) in [6.45, 7) is 8.26. The molecular weight excluding hydrogens is 390 g/mol. The van der Waals surface area contributed by atoms with E-state index in [4.69, 9.17) is 5.84 Å². The topological polar surface area (TPSA) is 60.0 Å². The number of nitrogens with zero attached hydrogens (tertiary/aromatic N) is 4. The van der Waals surface area contributed by atoms with Crippen molar-refractivity contribution in [3.63, 3.8) is 0 Å². The number of aromatic nitrogens is 3. The van der Waals surface area contributed by atoms with Gasteiger partial charge in [0.05, 0.1) is 23.3 Å². The second-order valence-corrected chi connectivity index (χ2v) is 6.46. The standard InChI is InChI=1S/C20H18BrN5/c1-15(9-13-25(22)18-6-10-23-11-7-18)16(2)20-8-12-24-26(20)19-5-3-4-17(21)14-19/h3-14H,1-2,22H2/b13-9-. The van der Waals surface area contributed by atoms with E-state index in [1.54, 1.807) is 24.8 Å². The molecule has 0 aliphatic rings. The number of hydrazine groups is 1. The van der Waals surface area contributed by atoms with Crippen LogP contribution >= 0.6 is 15.9 Å². The van der Waals surface area contributed by atoms with Crippen molar-refractivity contribution >= 4 is 27.2 Å². The summed E-state index contributed by atoms with van der Waals surface area (Å²) >= 11 is 3.49. The van der Waals surface area contributed by atoms with Crippen molar-refractivity contribution in [3.05, 3.63) is 102 Å². The molecular formula is C20H18BrN5. The van der Waals surface area contributed by atoms with Gasteiger partial charge in [0.15, 0.2) is 0 Å². The Morgan fingerprint density at radius 2 is 1.88 bits per heavy atom. The van der Waals surface area contributed by atoms with E-state index in [9.17, 15) is 0 Å². The highest BCUT2D eigenvalue weighted by molar-refractivity contribution is 9.10. The molecule has 6 heteroatoms. The Labute approximate surface area is 160 Å². The molecule has 26 heavy (non-hydrogen) atoms. The van der Waals surface area contributed by atoms with Crippen molar-refractivity contribution < 1.29 is 0 Å². The van der Waals surface area contributed by atoms with Gasteiger partial charge >= 0.3 is 0 Å². The molecule has 0 fully saturated rings. The van der Waals surface area contributed by atoms with E-state index in [0.29, 0.717) is 0 Å². The molecule has 0 aliphatic heterocycles. The molecule has 0 saturated carbocycles. The van der Waals surface area contributed by atoms with Gasteiger partial charge in [-0.25, -0.2) is 10.5 Å². The fourth-order valence-electron chi connectivity index (χ4n) is 2.38. The molecule has 0 atom stereocenters. The van der Waals surface area contributed by atoms with Crippen LogP contribution in [0, 0.1) is 0 Å². The molecule has 3 aromatic rings. The molecule has 2 aromatic heterocycles. The van der Waals surface area contributed by atoms with Gasteiger partial charge in [0.2, 0.25) is 0 Å². The van der Waals surface area contributed by atoms with Crippen LogP contribution in [0.2, 0.25) is 0 Å². The van der Waals surface area contributed by atoms with Gasteiger partial charge in [0, 0.05) is 23.1 Å². The zero-order chi connectivity index (χ0) is 18.5. The maximum absolute atomic E-state index is 6.02. The molecule has 1 aromatic carbocycles. The molecule has 0 spiro atoms. The van der Waals surface area contributed by atoms with Gasteiger partial charge < -0.3 is 0 Å². The summed E-state index contributed by atoms with van der Waals surface area (Å²) in [4.78, 5) is 3.98. The molecule has 2 N–H and O–H groups in total. The average Bonchev–Trinajstić information content (AvgIpc) is 3.15. The van der Waals surface area contributed by atoms with Gasteiger partial charge in [0.1, 0.15) is 0 Å². The summed E-state index contributed by atoms with van der Waals surface area (Å²) in [7, 11) is 0. The predicted molar refractivity (Wildman–Crippen MR) is 109 cm³/mol. The lowest BCUT2D eigenvalue weighted by atomic mass is 10.1. The Morgan fingerprint density at radius 1 is 1.12 bits per heavy atom. The Hall–Kier alpha value is -2.96. The fourth-order valence-corrected chi connectivity index (χ4v) is 2.77. The number of hydrogen-bond donors (Lipinski definition) is 1. The maximum Gasteiger partial charge on any atom is 0.0740 e. The van der Waals surface area contributed by atoms with Crippen LogP contribution in [0.25, 0.3) is 11.3 Å². The molecule has 0 aliphatic carbocycles. The van der Waals surface area contributed by atoms with E-state index in [2.05, 4.69) is 39.2 Å². The third-order valence-electron chi connectivity index (χ3n) is 3.79. The van der Waals surface area contributed by atoms with Crippen LogP contribution in [-0.2, 0) is 0 Å². The lowest BCUT2D eigenvalue weighted by Gasteiger charge is -2.14. The van der Waals surface area contributed by atoms with Crippen LogP contribution in [0.4, 0.5) is 5.69 Å². The van der Waals surface area contributed by atoms with Crippen molar-refractivity contribution in [2.45, 2.75) is 0 Å². The first-order chi connectivity index (χ1) is 12.6. The minimum absolute atomic E-state index is 0.742. The Balaban J connectivity index is 1.79. The summed E-state index contributed by atoms with van der Waals surface area (Å²) in [5.74, 6) is 6.02. The van der Waals surface area contributed by atoms with Crippen LogP contribution in [0.3, 0.4) is 0 Å². The van der Waals surface area contributed by atoms with Gasteiger partial charge in [0.25, 0.3) is 0 Å². The van der Waals surface area contributed by atoms with Crippen LogP contribution < -0.4 is 10.9 Å². The molecule has 0 radical (unpaired) electrons. The SMILES string of the molecule is C=C(/C=C\N(N)c1ccncc1)C(=C)c1ccnn1-c1cccc(Br)c1. The Kier molecular flexibility index (Phi) is 5.46. The van der Waals surface area contributed by atoms with Gasteiger partial charge in [-0.15, -0.1) is 0 Å². The van der Waals surface area contributed by atoms with Crippen LogP contribution in [0.15, 0.2) is 96.5 Å². The van der Waals surface area contributed by atoms with Gasteiger partial charge in [-0.05, 0) is 53.6 Å². The van der Waals surface area contributed by atoms with Gasteiger partial charge in [-0.2, -0.15) is 5.10 Å². The molecule has 0 bridgehead atoms. The smallest absolute Gasteiger partial charge is 0.0740 e. The lowest BCUT2D eigenvalue weighted by Crippen LogP contribution is -2.23. The zero-order valence-corrected chi connectivity index (χ0v) is 15.7. The summed E-state index contributed by atoms with van der Waals surface area (Å²) < 4.78 is 2.81. The van der Waals surface area contributed by atoms with Crippen molar-refractivity contribution in [3.8, 4) is 5.69 Å². The monoisotopic (exact) mass is 407 g/mol. The molecule has 0 amide bonds. The number of pyridine rings is 1. The number of rotatable bonds is 6. The molecule has 130 valence electrons. The van der Waals surface area contributed by atoms with Crippen molar-refractivity contribution in [1.82, 2.24) is 14.8 Å². The number of anilines is 1. The van der Waals surface area contributed by atoms with Crippen molar-refractivity contribution in [2.75, 3.05) is 5.01 Å². The second kappa shape index (κ2) is 7.95. The summed E-state index contributed by atoms with van der Waals surface area (Å²) in [6, 6.07) is 13.5. The van der Waals surface area contributed by atoms with Gasteiger partial charge in [-0.1, -0.05) is 35.2 Å². The van der Waals surface area contributed by atoms with E-state index < -0.39 is 0 Å². The summed E-state index contributed by atoms with van der Waals surface area (Å²) in [6.07, 6.45) is 8.68. The van der Waals surface area contributed by atoms with Crippen LogP contribution in [0.1, 0.15) is 5.69 Å². The Morgan fingerprint density at radius 3 is 2.62 bits per heavy atom. The molecule has 5 nitrogen and oxygen atoms in total. The quantitative estimate of drug-likeness (QED) is 0.371. The lowest BCUT2D eigenvalue weighted by molar-refractivity contribution is 0.867. The first-order valence-electron chi connectivity index (χ1n) is 7.87. The van der Waals surface area contributed by atoms with Crippen LogP contribution in [-0.4, -0.2) is 14.8 Å². The zero-order valence-electron chi connectivity index (χ0n) is 14.1.